The molecule has 2 N–H and O–H groups in total. The Kier molecular flexibility index (Phi) is 4.60. The summed E-state index contributed by atoms with van der Waals surface area (Å²) in [4.78, 5) is 0. The first-order chi connectivity index (χ1) is 8.20. The van der Waals surface area contributed by atoms with Gasteiger partial charge in [0.1, 0.15) is 0 Å². The molecule has 1 aromatic rings. The second-order valence-corrected chi connectivity index (χ2v) is 5.74. The van der Waals surface area contributed by atoms with Crippen LogP contribution in [0.5, 0.6) is 0 Å². The quantitative estimate of drug-likeness (QED) is 0.845. The minimum Gasteiger partial charge on any atom is -0.392 e. The molecule has 0 radical (unpaired) electrons. The van der Waals surface area contributed by atoms with Gasteiger partial charge in [0.25, 0.3) is 0 Å². The minimum absolute atomic E-state index is 0.167. The average Bonchev–Trinajstić information content (AvgIpc) is 3.16. The average molecular weight is 298 g/mol. The second-order valence-electron chi connectivity index (χ2n) is 4.83. The predicted molar refractivity (Wildman–Crippen MR) is 73.9 cm³/mol. The van der Waals surface area contributed by atoms with E-state index in [2.05, 4.69) is 52.4 Å². The Morgan fingerprint density at radius 1 is 1.35 bits per heavy atom. The van der Waals surface area contributed by atoms with Crippen LogP contribution in [0.1, 0.15) is 37.8 Å². The Hall–Kier alpha value is -0.380. The number of benzene rings is 1. The molecule has 0 spiro atoms. The third-order valence-electron chi connectivity index (χ3n) is 3.42. The molecule has 3 heteroatoms. The molecule has 0 heterocycles. The van der Waals surface area contributed by atoms with Gasteiger partial charge in [-0.1, -0.05) is 35.0 Å². The molecule has 0 aromatic heterocycles. The van der Waals surface area contributed by atoms with Crippen molar-refractivity contribution in [3.05, 3.63) is 34.3 Å². The number of hydrogen-bond donors (Lipinski definition) is 2. The molecule has 2 atom stereocenters. The molecule has 0 bridgehead atoms. The van der Waals surface area contributed by atoms with Crippen molar-refractivity contribution >= 4 is 15.9 Å². The lowest BCUT2D eigenvalue weighted by molar-refractivity contribution is 0.144. The summed E-state index contributed by atoms with van der Waals surface area (Å²) in [6, 6.07) is 8.74. The highest BCUT2D eigenvalue weighted by Crippen LogP contribution is 2.32. The van der Waals surface area contributed by atoms with E-state index in [-0.39, 0.29) is 6.10 Å². The van der Waals surface area contributed by atoms with Gasteiger partial charge in [-0.25, -0.2) is 0 Å². The monoisotopic (exact) mass is 297 g/mol. The van der Waals surface area contributed by atoms with Gasteiger partial charge in [0.05, 0.1) is 6.10 Å². The molecule has 1 aliphatic carbocycles. The van der Waals surface area contributed by atoms with E-state index in [1.165, 1.54) is 18.4 Å². The van der Waals surface area contributed by atoms with E-state index in [9.17, 15) is 5.11 Å². The fourth-order valence-corrected chi connectivity index (χ4v) is 2.37. The largest absolute Gasteiger partial charge is 0.392 e. The molecular weight excluding hydrogens is 278 g/mol. The van der Waals surface area contributed by atoms with Crippen LogP contribution in [0, 0.1) is 5.92 Å². The smallest absolute Gasteiger partial charge is 0.0692 e. The van der Waals surface area contributed by atoms with Gasteiger partial charge in [0, 0.05) is 17.1 Å². The Labute approximate surface area is 112 Å². The summed E-state index contributed by atoms with van der Waals surface area (Å²) < 4.78 is 1.11. The zero-order chi connectivity index (χ0) is 12.3. The Morgan fingerprint density at radius 3 is 2.53 bits per heavy atom. The van der Waals surface area contributed by atoms with Gasteiger partial charge in [0.15, 0.2) is 0 Å². The molecule has 0 amide bonds. The van der Waals surface area contributed by atoms with E-state index in [0.717, 1.165) is 10.9 Å². The highest BCUT2D eigenvalue weighted by molar-refractivity contribution is 9.10. The van der Waals surface area contributed by atoms with Crippen molar-refractivity contribution in [1.29, 1.82) is 0 Å². The van der Waals surface area contributed by atoms with Gasteiger partial charge >= 0.3 is 0 Å². The number of nitrogens with one attached hydrogen (secondary N) is 1. The van der Waals surface area contributed by atoms with Gasteiger partial charge in [-0.05, 0) is 42.9 Å². The molecule has 1 saturated carbocycles. The van der Waals surface area contributed by atoms with Crippen molar-refractivity contribution < 1.29 is 5.11 Å². The predicted octanol–water partition coefficient (Wildman–Crippen LogP) is 3.26. The molecule has 0 aliphatic heterocycles. The van der Waals surface area contributed by atoms with Crippen molar-refractivity contribution in [1.82, 2.24) is 5.32 Å². The van der Waals surface area contributed by atoms with Crippen LogP contribution in [0.25, 0.3) is 0 Å². The van der Waals surface area contributed by atoms with Crippen molar-refractivity contribution in [2.45, 2.75) is 38.3 Å². The molecule has 94 valence electrons. The molecule has 2 nitrogen and oxygen atoms in total. The molecule has 0 saturated heterocycles. The SMILES string of the molecule is CCC(NCC(O)C1CC1)c1ccc(Br)cc1. The minimum atomic E-state index is -0.167. The summed E-state index contributed by atoms with van der Waals surface area (Å²) in [5.74, 6) is 0.546. The van der Waals surface area contributed by atoms with Crippen molar-refractivity contribution in [3.63, 3.8) is 0 Å². The summed E-state index contributed by atoms with van der Waals surface area (Å²) in [6.45, 7) is 2.88. The van der Waals surface area contributed by atoms with Gasteiger partial charge in [0.2, 0.25) is 0 Å². The fraction of sp³-hybridized carbons (Fsp3) is 0.571. The Bertz CT molecular complexity index is 348. The van der Waals surface area contributed by atoms with Crippen LogP contribution < -0.4 is 5.32 Å². The van der Waals surface area contributed by atoms with Crippen LogP contribution in [-0.4, -0.2) is 17.8 Å². The zero-order valence-electron chi connectivity index (χ0n) is 10.2. The molecule has 1 aliphatic rings. The van der Waals surface area contributed by atoms with Crippen LogP contribution >= 0.6 is 15.9 Å². The first-order valence-corrected chi connectivity index (χ1v) is 7.17. The third-order valence-corrected chi connectivity index (χ3v) is 3.95. The van der Waals surface area contributed by atoms with Crippen LogP contribution in [0.15, 0.2) is 28.7 Å². The van der Waals surface area contributed by atoms with Crippen LogP contribution in [0.3, 0.4) is 0 Å². The van der Waals surface area contributed by atoms with Gasteiger partial charge in [-0.3, -0.25) is 0 Å². The van der Waals surface area contributed by atoms with Crippen LogP contribution in [-0.2, 0) is 0 Å². The zero-order valence-corrected chi connectivity index (χ0v) is 11.8. The lowest BCUT2D eigenvalue weighted by Crippen LogP contribution is -2.31. The summed E-state index contributed by atoms with van der Waals surface area (Å²) >= 11 is 3.45. The second kappa shape index (κ2) is 5.98. The molecule has 1 aromatic carbocycles. The lowest BCUT2D eigenvalue weighted by atomic mass is 10.0. The summed E-state index contributed by atoms with van der Waals surface area (Å²) in [6.07, 6.45) is 3.26. The van der Waals surface area contributed by atoms with Crippen molar-refractivity contribution in [2.24, 2.45) is 5.92 Å². The summed E-state index contributed by atoms with van der Waals surface area (Å²) in [5.41, 5.74) is 1.29. The van der Waals surface area contributed by atoms with E-state index in [4.69, 9.17) is 0 Å². The summed E-state index contributed by atoms with van der Waals surface area (Å²) in [7, 11) is 0. The molecule has 2 unspecified atom stereocenters. The molecular formula is C14H20BrNO. The number of halogens is 1. The van der Waals surface area contributed by atoms with E-state index >= 15 is 0 Å². The van der Waals surface area contributed by atoms with Crippen LogP contribution in [0.2, 0.25) is 0 Å². The molecule has 17 heavy (non-hydrogen) atoms. The van der Waals surface area contributed by atoms with Crippen LogP contribution in [0.4, 0.5) is 0 Å². The van der Waals surface area contributed by atoms with Gasteiger partial charge < -0.3 is 10.4 Å². The number of rotatable bonds is 6. The Balaban J connectivity index is 1.88. The van der Waals surface area contributed by atoms with Gasteiger partial charge in [-0.2, -0.15) is 0 Å². The first kappa shape index (κ1) is 13.1. The maximum absolute atomic E-state index is 9.85. The van der Waals surface area contributed by atoms with E-state index < -0.39 is 0 Å². The van der Waals surface area contributed by atoms with Gasteiger partial charge in [-0.15, -0.1) is 0 Å². The number of aliphatic hydroxyl groups is 1. The highest BCUT2D eigenvalue weighted by Gasteiger charge is 2.29. The number of hydrogen-bond acceptors (Lipinski definition) is 2. The fourth-order valence-electron chi connectivity index (χ4n) is 2.10. The number of aliphatic hydroxyl groups excluding tert-OH is 1. The maximum atomic E-state index is 9.85. The molecule has 1 fully saturated rings. The maximum Gasteiger partial charge on any atom is 0.0692 e. The lowest BCUT2D eigenvalue weighted by Gasteiger charge is -2.20. The highest BCUT2D eigenvalue weighted by atomic mass is 79.9. The summed E-state index contributed by atoms with van der Waals surface area (Å²) in [5, 5.41) is 13.3. The van der Waals surface area contributed by atoms with E-state index in [1.54, 1.807) is 0 Å². The topological polar surface area (TPSA) is 32.3 Å². The standard InChI is InChI=1S/C14H20BrNO/c1-2-13(10-5-7-12(15)8-6-10)16-9-14(17)11-3-4-11/h5-8,11,13-14,16-17H,2-4,9H2,1H3. The Morgan fingerprint density at radius 2 is 2.00 bits per heavy atom. The molecule has 2 rings (SSSR count). The first-order valence-electron chi connectivity index (χ1n) is 6.37. The third kappa shape index (κ3) is 3.80. The van der Waals surface area contributed by atoms with E-state index in [1.807, 2.05) is 0 Å². The van der Waals surface area contributed by atoms with Crippen molar-refractivity contribution in [3.8, 4) is 0 Å². The van der Waals surface area contributed by atoms with Crippen molar-refractivity contribution in [2.75, 3.05) is 6.54 Å². The van der Waals surface area contributed by atoms with E-state index in [0.29, 0.717) is 18.5 Å². The normalized spacial score (nSPS) is 19.0.